The van der Waals surface area contributed by atoms with E-state index in [9.17, 15) is 8.42 Å². The molecule has 0 spiro atoms. The molecule has 0 bridgehead atoms. The van der Waals surface area contributed by atoms with Gasteiger partial charge in [-0.1, -0.05) is 39.8 Å². The second-order valence-corrected chi connectivity index (χ2v) is 12.3. The van der Waals surface area contributed by atoms with Crippen LogP contribution in [0.25, 0.3) is 0 Å². The van der Waals surface area contributed by atoms with Gasteiger partial charge in [-0.3, -0.25) is 0 Å². The zero-order valence-electron chi connectivity index (χ0n) is 17.2. The van der Waals surface area contributed by atoms with Gasteiger partial charge in [-0.05, 0) is 49.4 Å². The molecule has 5 nitrogen and oxygen atoms in total. The average Bonchev–Trinajstić information content (AvgIpc) is 2.77. The number of rotatable bonds is 5. The molecular formula is C20H37N3O2S. The van der Waals surface area contributed by atoms with Crippen LogP contribution in [-0.4, -0.2) is 45.0 Å². The van der Waals surface area contributed by atoms with E-state index in [1.54, 1.807) is 0 Å². The maximum absolute atomic E-state index is 11.7. The summed E-state index contributed by atoms with van der Waals surface area (Å²) < 4.78 is 23.4. The van der Waals surface area contributed by atoms with Crippen LogP contribution in [0.5, 0.6) is 0 Å². The van der Waals surface area contributed by atoms with E-state index in [-0.39, 0.29) is 11.7 Å². The molecular weight excluding hydrogens is 346 g/mol. The molecule has 2 aliphatic rings. The SMILES string of the molecule is C=C(C)CN=C(NCC1CCS(=O)(=O)C1)NC1CC(C)(C)CC(C)(C)C1. The number of sulfone groups is 1. The smallest absolute Gasteiger partial charge is 0.191 e. The van der Waals surface area contributed by atoms with Crippen molar-refractivity contribution in [3.8, 4) is 0 Å². The molecule has 2 rings (SSSR count). The van der Waals surface area contributed by atoms with Crippen molar-refractivity contribution in [2.75, 3.05) is 24.6 Å². The van der Waals surface area contributed by atoms with Gasteiger partial charge in [-0.2, -0.15) is 0 Å². The maximum Gasteiger partial charge on any atom is 0.191 e. The van der Waals surface area contributed by atoms with E-state index in [4.69, 9.17) is 0 Å². The van der Waals surface area contributed by atoms with Gasteiger partial charge in [-0.25, -0.2) is 13.4 Å². The Kier molecular flexibility index (Phi) is 6.47. The summed E-state index contributed by atoms with van der Waals surface area (Å²) in [5, 5.41) is 7.01. The summed E-state index contributed by atoms with van der Waals surface area (Å²) in [4.78, 5) is 4.66. The number of guanidine groups is 1. The van der Waals surface area contributed by atoms with Gasteiger partial charge in [0.05, 0.1) is 18.1 Å². The molecule has 1 saturated heterocycles. The summed E-state index contributed by atoms with van der Waals surface area (Å²) in [6.45, 7) is 16.5. The lowest BCUT2D eigenvalue weighted by Crippen LogP contribution is -2.50. The number of aliphatic imine (C=N–C) groups is 1. The van der Waals surface area contributed by atoms with E-state index in [1.807, 2.05) is 6.92 Å². The second-order valence-electron chi connectivity index (χ2n) is 10.0. The molecule has 2 N–H and O–H groups in total. The van der Waals surface area contributed by atoms with E-state index in [1.165, 1.54) is 6.42 Å². The van der Waals surface area contributed by atoms with Crippen LogP contribution in [0.4, 0.5) is 0 Å². The minimum atomic E-state index is -2.84. The van der Waals surface area contributed by atoms with Gasteiger partial charge in [0.25, 0.3) is 0 Å². The maximum atomic E-state index is 11.7. The van der Waals surface area contributed by atoms with E-state index < -0.39 is 9.84 Å². The van der Waals surface area contributed by atoms with Gasteiger partial charge >= 0.3 is 0 Å². The van der Waals surface area contributed by atoms with Crippen molar-refractivity contribution >= 4 is 15.8 Å². The standard InChI is InChI=1S/C20H37N3O2S/c1-15(2)11-21-18(22-12-16-7-8-26(24,25)13-16)23-17-9-19(3,4)14-20(5,6)10-17/h16-17H,1,7-14H2,2-6H3,(H2,21,22,23). The van der Waals surface area contributed by atoms with Crippen molar-refractivity contribution < 1.29 is 8.42 Å². The summed E-state index contributed by atoms with van der Waals surface area (Å²) >= 11 is 0. The number of hydrogen-bond acceptors (Lipinski definition) is 3. The zero-order valence-corrected chi connectivity index (χ0v) is 18.0. The molecule has 0 aromatic heterocycles. The summed E-state index contributed by atoms with van der Waals surface area (Å²) in [6.07, 6.45) is 4.19. The van der Waals surface area contributed by atoms with Crippen molar-refractivity contribution in [3.05, 3.63) is 12.2 Å². The monoisotopic (exact) mass is 383 g/mol. The fourth-order valence-electron chi connectivity index (χ4n) is 4.78. The molecule has 1 aliphatic heterocycles. The molecule has 1 aliphatic carbocycles. The Bertz CT molecular complexity index is 634. The van der Waals surface area contributed by atoms with Crippen molar-refractivity contribution in [3.63, 3.8) is 0 Å². The van der Waals surface area contributed by atoms with Gasteiger partial charge in [0.1, 0.15) is 0 Å². The van der Waals surface area contributed by atoms with Crippen LogP contribution in [0.3, 0.4) is 0 Å². The topological polar surface area (TPSA) is 70.6 Å². The van der Waals surface area contributed by atoms with E-state index in [0.717, 1.165) is 30.8 Å². The fraction of sp³-hybridized carbons (Fsp3) is 0.850. The molecule has 0 aromatic carbocycles. The largest absolute Gasteiger partial charge is 0.356 e. The normalized spacial score (nSPS) is 27.9. The summed E-state index contributed by atoms with van der Waals surface area (Å²) in [5.41, 5.74) is 1.62. The highest BCUT2D eigenvalue weighted by Crippen LogP contribution is 2.45. The van der Waals surface area contributed by atoms with Crippen LogP contribution in [-0.2, 0) is 9.84 Å². The third-order valence-corrected chi connectivity index (χ3v) is 7.12. The number of nitrogens with zero attached hydrogens (tertiary/aromatic N) is 1. The van der Waals surface area contributed by atoms with Gasteiger partial charge in [0.15, 0.2) is 15.8 Å². The van der Waals surface area contributed by atoms with Crippen LogP contribution in [0.1, 0.15) is 60.3 Å². The molecule has 0 amide bonds. The van der Waals surface area contributed by atoms with Crippen molar-refractivity contribution in [2.24, 2.45) is 21.7 Å². The van der Waals surface area contributed by atoms with Crippen molar-refractivity contribution in [1.29, 1.82) is 0 Å². The molecule has 1 atom stereocenters. The van der Waals surface area contributed by atoms with Crippen LogP contribution < -0.4 is 10.6 Å². The van der Waals surface area contributed by atoms with Gasteiger partial charge in [0.2, 0.25) is 0 Å². The molecule has 2 fully saturated rings. The Morgan fingerprint density at radius 2 is 1.81 bits per heavy atom. The van der Waals surface area contributed by atoms with Gasteiger partial charge in [-0.15, -0.1) is 0 Å². The predicted molar refractivity (Wildman–Crippen MR) is 110 cm³/mol. The summed E-state index contributed by atoms with van der Waals surface area (Å²) in [6, 6.07) is 0.373. The minimum absolute atomic E-state index is 0.177. The lowest BCUT2D eigenvalue weighted by atomic mass is 9.63. The fourth-order valence-corrected chi connectivity index (χ4v) is 6.64. The first-order valence-electron chi connectivity index (χ1n) is 9.76. The van der Waals surface area contributed by atoms with Crippen LogP contribution in [0.15, 0.2) is 17.1 Å². The summed E-state index contributed by atoms with van der Waals surface area (Å²) in [7, 11) is -2.84. The van der Waals surface area contributed by atoms with Crippen molar-refractivity contribution in [2.45, 2.75) is 66.3 Å². The summed E-state index contributed by atoms with van der Waals surface area (Å²) in [5.74, 6) is 1.57. The Labute approximate surface area is 160 Å². The van der Waals surface area contributed by atoms with Gasteiger partial charge in [0, 0.05) is 12.6 Å². The first-order valence-corrected chi connectivity index (χ1v) is 11.6. The lowest BCUT2D eigenvalue weighted by molar-refractivity contribution is 0.0918. The first-order chi connectivity index (χ1) is 11.9. The molecule has 1 saturated carbocycles. The molecule has 6 heteroatoms. The van der Waals surface area contributed by atoms with Crippen LogP contribution in [0.2, 0.25) is 0 Å². The lowest BCUT2D eigenvalue weighted by Gasteiger charge is -2.45. The van der Waals surface area contributed by atoms with E-state index in [2.05, 4.69) is 49.9 Å². The van der Waals surface area contributed by atoms with Gasteiger partial charge < -0.3 is 10.6 Å². The Morgan fingerprint density at radius 3 is 2.31 bits per heavy atom. The van der Waals surface area contributed by atoms with Crippen LogP contribution >= 0.6 is 0 Å². The highest BCUT2D eigenvalue weighted by Gasteiger charge is 2.38. The number of hydrogen-bond donors (Lipinski definition) is 2. The molecule has 1 unspecified atom stereocenters. The molecule has 0 radical (unpaired) electrons. The van der Waals surface area contributed by atoms with E-state index in [0.29, 0.717) is 35.7 Å². The average molecular weight is 384 g/mol. The minimum Gasteiger partial charge on any atom is -0.356 e. The van der Waals surface area contributed by atoms with E-state index >= 15 is 0 Å². The second kappa shape index (κ2) is 7.91. The highest BCUT2D eigenvalue weighted by atomic mass is 32.2. The van der Waals surface area contributed by atoms with Crippen molar-refractivity contribution in [1.82, 2.24) is 10.6 Å². The Hall–Kier alpha value is -1.04. The molecule has 0 aromatic rings. The van der Waals surface area contributed by atoms with Crippen LogP contribution in [0, 0.1) is 16.7 Å². The highest BCUT2D eigenvalue weighted by molar-refractivity contribution is 7.91. The predicted octanol–water partition coefficient (Wildman–Crippen LogP) is 3.14. The molecule has 150 valence electrons. The molecule has 26 heavy (non-hydrogen) atoms. The Morgan fingerprint density at radius 1 is 1.19 bits per heavy atom. The zero-order chi connectivity index (χ0) is 19.6. The number of nitrogens with one attached hydrogen (secondary N) is 2. The third-order valence-electron chi connectivity index (χ3n) is 5.29. The first kappa shape index (κ1) is 21.3. The third kappa shape index (κ3) is 6.93. The Balaban J connectivity index is 2.00. The quantitative estimate of drug-likeness (QED) is 0.435. The molecule has 1 heterocycles.